The molecule has 2 heterocycles. The highest BCUT2D eigenvalue weighted by atomic mass is 16.4. The molecule has 1 fully saturated rings. The summed E-state index contributed by atoms with van der Waals surface area (Å²) in [5, 5.41) is 8.80. The number of aliphatic carboxylic acids is 1. The van der Waals surface area contributed by atoms with E-state index in [0.29, 0.717) is 31.9 Å². The largest absolute Gasteiger partial charge is 0.480 e. The molecule has 0 spiro atoms. The molecule has 1 aliphatic rings. The molecule has 0 aromatic carbocycles. The number of carbonyl (C=O) groups excluding carboxylic acids is 1. The Morgan fingerprint density at radius 2 is 2.05 bits per heavy atom. The average molecular weight is 280 g/mol. The molecule has 0 bridgehead atoms. The first-order valence-corrected chi connectivity index (χ1v) is 6.92. The smallest absolute Gasteiger partial charge is 0.317 e. The van der Waals surface area contributed by atoms with Gasteiger partial charge in [-0.1, -0.05) is 6.92 Å². The normalized spacial score (nSPS) is 16.9. The highest BCUT2D eigenvalue weighted by Crippen LogP contribution is 2.13. The van der Waals surface area contributed by atoms with Crippen LogP contribution in [0, 0.1) is 0 Å². The fourth-order valence-corrected chi connectivity index (χ4v) is 2.36. The number of nitrogens with zero attached hydrogens (tertiary/aromatic N) is 2. The van der Waals surface area contributed by atoms with Crippen molar-refractivity contribution in [3.05, 3.63) is 23.7 Å². The SMILES string of the molecule is CCc1ccc(C(=O)N2CCCN(CC(=O)O)CC2)o1. The van der Waals surface area contributed by atoms with E-state index in [9.17, 15) is 9.59 Å². The zero-order valence-electron chi connectivity index (χ0n) is 11.7. The lowest BCUT2D eigenvalue weighted by Crippen LogP contribution is -2.36. The highest BCUT2D eigenvalue weighted by Gasteiger charge is 2.23. The second-order valence-electron chi connectivity index (χ2n) is 4.94. The van der Waals surface area contributed by atoms with E-state index in [2.05, 4.69) is 0 Å². The second-order valence-corrected chi connectivity index (χ2v) is 4.94. The molecule has 0 unspecified atom stereocenters. The number of aryl methyl sites for hydroxylation is 1. The minimum atomic E-state index is -0.830. The van der Waals surface area contributed by atoms with Crippen molar-refractivity contribution >= 4 is 11.9 Å². The number of carboxylic acids is 1. The van der Waals surface area contributed by atoms with Gasteiger partial charge in [-0.3, -0.25) is 14.5 Å². The summed E-state index contributed by atoms with van der Waals surface area (Å²) in [5.41, 5.74) is 0. The summed E-state index contributed by atoms with van der Waals surface area (Å²) in [6.07, 6.45) is 1.54. The van der Waals surface area contributed by atoms with Gasteiger partial charge in [0.05, 0.1) is 6.54 Å². The molecular weight excluding hydrogens is 260 g/mol. The predicted molar refractivity (Wildman–Crippen MR) is 72.7 cm³/mol. The zero-order chi connectivity index (χ0) is 14.5. The van der Waals surface area contributed by atoms with Crippen molar-refractivity contribution in [2.45, 2.75) is 19.8 Å². The first-order valence-electron chi connectivity index (χ1n) is 6.92. The van der Waals surface area contributed by atoms with E-state index in [1.165, 1.54) is 0 Å². The number of hydrogen-bond donors (Lipinski definition) is 1. The first-order chi connectivity index (χ1) is 9.60. The lowest BCUT2D eigenvalue weighted by atomic mass is 10.3. The Kier molecular flexibility index (Phi) is 4.79. The Balaban J connectivity index is 1.95. The minimum absolute atomic E-state index is 0.0305. The third kappa shape index (κ3) is 3.60. The first kappa shape index (κ1) is 14.6. The van der Waals surface area contributed by atoms with Crippen molar-refractivity contribution in [2.75, 3.05) is 32.7 Å². The fourth-order valence-electron chi connectivity index (χ4n) is 2.36. The van der Waals surface area contributed by atoms with Crippen LogP contribution in [0.4, 0.5) is 0 Å². The van der Waals surface area contributed by atoms with Gasteiger partial charge in [0.15, 0.2) is 5.76 Å². The number of carboxylic acid groups (broad SMARTS) is 1. The molecule has 20 heavy (non-hydrogen) atoms. The summed E-state index contributed by atoms with van der Waals surface area (Å²) in [7, 11) is 0. The van der Waals surface area contributed by atoms with Crippen LogP contribution in [0.5, 0.6) is 0 Å². The van der Waals surface area contributed by atoms with Crippen molar-refractivity contribution < 1.29 is 19.1 Å². The topological polar surface area (TPSA) is 74.0 Å². The lowest BCUT2D eigenvalue weighted by Gasteiger charge is -2.20. The molecule has 6 nitrogen and oxygen atoms in total. The molecule has 0 radical (unpaired) electrons. The molecule has 1 aliphatic heterocycles. The zero-order valence-corrected chi connectivity index (χ0v) is 11.7. The standard InChI is InChI=1S/C14H20N2O4/c1-2-11-4-5-12(20-11)14(19)16-7-3-6-15(8-9-16)10-13(17)18/h4-5H,2-3,6-10H2,1H3,(H,17,18). The van der Waals surface area contributed by atoms with Gasteiger partial charge < -0.3 is 14.4 Å². The third-order valence-electron chi connectivity index (χ3n) is 3.46. The molecule has 6 heteroatoms. The van der Waals surface area contributed by atoms with Crippen LogP contribution in [0.1, 0.15) is 29.7 Å². The average Bonchev–Trinajstić information content (AvgIpc) is 2.78. The monoisotopic (exact) mass is 280 g/mol. The molecule has 1 aromatic heterocycles. The summed E-state index contributed by atoms with van der Waals surface area (Å²) >= 11 is 0. The van der Waals surface area contributed by atoms with Crippen molar-refractivity contribution in [1.82, 2.24) is 9.80 Å². The molecule has 2 rings (SSSR count). The minimum Gasteiger partial charge on any atom is -0.480 e. The number of hydrogen-bond acceptors (Lipinski definition) is 4. The van der Waals surface area contributed by atoms with Gasteiger partial charge >= 0.3 is 5.97 Å². The van der Waals surface area contributed by atoms with Gasteiger partial charge in [0.1, 0.15) is 5.76 Å². The van der Waals surface area contributed by atoms with Crippen LogP contribution < -0.4 is 0 Å². The molecule has 1 saturated heterocycles. The van der Waals surface area contributed by atoms with Crippen LogP contribution in [0.15, 0.2) is 16.5 Å². The van der Waals surface area contributed by atoms with E-state index in [1.807, 2.05) is 17.9 Å². The Morgan fingerprint density at radius 1 is 1.25 bits per heavy atom. The van der Waals surface area contributed by atoms with Crippen molar-refractivity contribution in [3.8, 4) is 0 Å². The van der Waals surface area contributed by atoms with Crippen LogP contribution in [-0.2, 0) is 11.2 Å². The van der Waals surface area contributed by atoms with E-state index in [4.69, 9.17) is 9.52 Å². The predicted octanol–water partition coefficient (Wildman–Crippen LogP) is 1.07. The summed E-state index contributed by atoms with van der Waals surface area (Å²) in [5.74, 6) is 0.231. The number of amides is 1. The van der Waals surface area contributed by atoms with E-state index in [1.54, 1.807) is 11.0 Å². The molecule has 0 atom stereocenters. The van der Waals surface area contributed by atoms with Gasteiger partial charge in [0.25, 0.3) is 5.91 Å². The Hall–Kier alpha value is -1.82. The summed E-state index contributed by atoms with van der Waals surface area (Å²) in [6.45, 7) is 4.46. The van der Waals surface area contributed by atoms with Gasteiger partial charge in [-0.15, -0.1) is 0 Å². The van der Waals surface area contributed by atoms with E-state index in [-0.39, 0.29) is 12.5 Å². The van der Waals surface area contributed by atoms with Crippen LogP contribution in [0.25, 0.3) is 0 Å². The number of carbonyl (C=O) groups is 2. The van der Waals surface area contributed by atoms with Crippen LogP contribution in [0.3, 0.4) is 0 Å². The van der Waals surface area contributed by atoms with Crippen LogP contribution in [-0.4, -0.2) is 59.5 Å². The lowest BCUT2D eigenvalue weighted by molar-refractivity contribution is -0.138. The molecule has 0 saturated carbocycles. The highest BCUT2D eigenvalue weighted by molar-refractivity contribution is 5.91. The molecule has 1 aromatic rings. The quantitative estimate of drug-likeness (QED) is 0.893. The van der Waals surface area contributed by atoms with Gasteiger partial charge in [-0.25, -0.2) is 0 Å². The maximum absolute atomic E-state index is 12.3. The number of furan rings is 1. The summed E-state index contributed by atoms with van der Waals surface area (Å²) in [6, 6.07) is 3.53. The van der Waals surface area contributed by atoms with Gasteiger partial charge in [-0.2, -0.15) is 0 Å². The van der Waals surface area contributed by atoms with Crippen molar-refractivity contribution in [3.63, 3.8) is 0 Å². The van der Waals surface area contributed by atoms with Crippen LogP contribution in [0.2, 0.25) is 0 Å². The fraction of sp³-hybridized carbons (Fsp3) is 0.571. The maximum Gasteiger partial charge on any atom is 0.317 e. The molecule has 1 amide bonds. The summed E-state index contributed by atoms with van der Waals surface area (Å²) in [4.78, 5) is 26.6. The van der Waals surface area contributed by atoms with Crippen molar-refractivity contribution in [2.24, 2.45) is 0 Å². The van der Waals surface area contributed by atoms with Gasteiger partial charge in [-0.05, 0) is 18.6 Å². The van der Waals surface area contributed by atoms with E-state index >= 15 is 0 Å². The Bertz CT molecular complexity index is 483. The van der Waals surface area contributed by atoms with Crippen LogP contribution >= 0.6 is 0 Å². The van der Waals surface area contributed by atoms with E-state index in [0.717, 1.165) is 18.6 Å². The number of rotatable bonds is 4. The molecule has 1 N–H and O–H groups in total. The van der Waals surface area contributed by atoms with Gasteiger partial charge in [0, 0.05) is 32.6 Å². The third-order valence-corrected chi connectivity index (χ3v) is 3.46. The molecule has 0 aliphatic carbocycles. The molecular formula is C14H20N2O4. The Morgan fingerprint density at radius 3 is 2.70 bits per heavy atom. The van der Waals surface area contributed by atoms with E-state index < -0.39 is 5.97 Å². The van der Waals surface area contributed by atoms with Gasteiger partial charge in [0.2, 0.25) is 0 Å². The second kappa shape index (κ2) is 6.56. The molecule has 110 valence electrons. The Labute approximate surface area is 118 Å². The maximum atomic E-state index is 12.3. The summed E-state index contributed by atoms with van der Waals surface area (Å²) < 4.78 is 5.48. The van der Waals surface area contributed by atoms with Crippen molar-refractivity contribution in [1.29, 1.82) is 0 Å².